The molecule has 0 heterocycles. The van der Waals surface area contributed by atoms with Crippen molar-refractivity contribution in [3.05, 3.63) is 57.5 Å². The second-order valence-corrected chi connectivity index (χ2v) is 7.09. The molecular weight excluding hydrogens is 450 g/mol. The van der Waals surface area contributed by atoms with Crippen molar-refractivity contribution in [3.63, 3.8) is 0 Å². The van der Waals surface area contributed by atoms with Crippen LogP contribution in [-0.2, 0) is 14.4 Å². The Morgan fingerprint density at radius 3 is 2.39 bits per heavy atom. The second kappa shape index (κ2) is 10.7. The van der Waals surface area contributed by atoms with Crippen molar-refractivity contribution in [2.24, 2.45) is 0 Å². The smallest absolute Gasteiger partial charge is 0.276 e. The molecule has 9 heteroatoms. The summed E-state index contributed by atoms with van der Waals surface area (Å²) in [7, 11) is 0. The molecule has 7 nitrogen and oxygen atoms in total. The summed E-state index contributed by atoms with van der Waals surface area (Å²) in [6.45, 7) is 1.65. The van der Waals surface area contributed by atoms with Crippen molar-refractivity contribution in [2.45, 2.75) is 19.8 Å². The van der Waals surface area contributed by atoms with Crippen LogP contribution in [0.25, 0.3) is 0 Å². The van der Waals surface area contributed by atoms with Crippen LogP contribution in [0.1, 0.15) is 18.4 Å². The van der Waals surface area contributed by atoms with Gasteiger partial charge in [0.25, 0.3) is 5.91 Å². The quantitative estimate of drug-likeness (QED) is 0.543. The maximum Gasteiger partial charge on any atom is 0.276 e. The number of aryl methyl sites for hydroxylation is 1. The summed E-state index contributed by atoms with van der Waals surface area (Å²) in [5.74, 6) is -0.835. The number of anilines is 1. The van der Waals surface area contributed by atoms with Crippen molar-refractivity contribution in [2.75, 3.05) is 11.9 Å². The van der Waals surface area contributed by atoms with E-state index in [0.29, 0.717) is 16.5 Å². The standard InChI is InChI=1S/C19H19BrClN3O4/c1-12-10-13(6-7-14(12)20)28-11-19(27)24-23-18(26)9-8-17(25)22-16-5-3-2-4-15(16)21/h2-7,10H,8-9,11H2,1H3,(H,22,25)(H,23,26)(H,24,27). The molecule has 0 atom stereocenters. The highest BCUT2D eigenvalue weighted by Gasteiger charge is 2.10. The number of nitrogens with one attached hydrogen (secondary N) is 3. The van der Waals surface area contributed by atoms with E-state index in [1.807, 2.05) is 13.0 Å². The monoisotopic (exact) mass is 467 g/mol. The molecule has 0 saturated heterocycles. The van der Waals surface area contributed by atoms with Gasteiger partial charge in [-0.25, -0.2) is 0 Å². The Morgan fingerprint density at radius 2 is 1.68 bits per heavy atom. The van der Waals surface area contributed by atoms with E-state index in [4.69, 9.17) is 16.3 Å². The minimum atomic E-state index is -0.519. The fraction of sp³-hybridized carbons (Fsp3) is 0.211. The van der Waals surface area contributed by atoms with Gasteiger partial charge in [0, 0.05) is 17.3 Å². The molecular formula is C19H19BrClN3O4. The van der Waals surface area contributed by atoms with Crippen LogP contribution in [0.2, 0.25) is 5.02 Å². The molecule has 0 aromatic heterocycles. The third-order valence-corrected chi connectivity index (χ3v) is 4.79. The van der Waals surface area contributed by atoms with Gasteiger partial charge in [0.05, 0.1) is 10.7 Å². The normalized spacial score (nSPS) is 10.1. The summed E-state index contributed by atoms with van der Waals surface area (Å²) >= 11 is 9.33. The van der Waals surface area contributed by atoms with E-state index in [0.717, 1.165) is 10.0 Å². The van der Waals surface area contributed by atoms with Crippen LogP contribution in [0, 0.1) is 6.92 Å². The summed E-state index contributed by atoms with van der Waals surface area (Å²) in [4.78, 5) is 35.3. The highest BCUT2D eigenvalue weighted by molar-refractivity contribution is 9.10. The van der Waals surface area contributed by atoms with E-state index >= 15 is 0 Å². The van der Waals surface area contributed by atoms with E-state index in [9.17, 15) is 14.4 Å². The van der Waals surface area contributed by atoms with E-state index < -0.39 is 11.8 Å². The fourth-order valence-electron chi connectivity index (χ4n) is 2.10. The van der Waals surface area contributed by atoms with E-state index in [-0.39, 0.29) is 25.4 Å². The van der Waals surface area contributed by atoms with Gasteiger partial charge in [0.1, 0.15) is 5.75 Å². The number of para-hydroxylation sites is 1. The van der Waals surface area contributed by atoms with Crippen LogP contribution in [0.4, 0.5) is 5.69 Å². The molecule has 0 spiro atoms. The van der Waals surface area contributed by atoms with Gasteiger partial charge in [-0.15, -0.1) is 0 Å². The Balaban J connectivity index is 1.66. The van der Waals surface area contributed by atoms with Crippen molar-refractivity contribution < 1.29 is 19.1 Å². The Labute approximate surface area is 175 Å². The molecule has 0 aliphatic heterocycles. The number of hydrogen-bond donors (Lipinski definition) is 3. The van der Waals surface area contributed by atoms with E-state index in [1.54, 1.807) is 36.4 Å². The first-order valence-corrected chi connectivity index (χ1v) is 9.53. The molecule has 0 aliphatic rings. The van der Waals surface area contributed by atoms with Crippen molar-refractivity contribution in [1.82, 2.24) is 10.9 Å². The summed E-state index contributed by atoms with van der Waals surface area (Å²) in [6.07, 6.45) is -0.148. The summed E-state index contributed by atoms with van der Waals surface area (Å²) in [6, 6.07) is 12.1. The van der Waals surface area contributed by atoms with Gasteiger partial charge < -0.3 is 10.1 Å². The maximum atomic E-state index is 11.9. The molecule has 0 radical (unpaired) electrons. The Hall–Kier alpha value is -2.58. The molecule has 2 rings (SSSR count). The van der Waals surface area contributed by atoms with Crippen molar-refractivity contribution >= 4 is 50.9 Å². The van der Waals surface area contributed by atoms with Gasteiger partial charge in [-0.2, -0.15) is 0 Å². The molecule has 0 unspecified atom stereocenters. The minimum Gasteiger partial charge on any atom is -0.484 e. The van der Waals surface area contributed by atoms with Crippen LogP contribution in [0.3, 0.4) is 0 Å². The van der Waals surface area contributed by atoms with Gasteiger partial charge in [-0.1, -0.05) is 39.7 Å². The molecule has 0 fully saturated rings. The van der Waals surface area contributed by atoms with Gasteiger partial charge >= 0.3 is 0 Å². The summed E-state index contributed by atoms with van der Waals surface area (Å²) in [5, 5.41) is 3.03. The van der Waals surface area contributed by atoms with Gasteiger partial charge in [-0.3, -0.25) is 25.2 Å². The summed E-state index contributed by atoms with van der Waals surface area (Å²) < 4.78 is 6.29. The van der Waals surface area contributed by atoms with Crippen LogP contribution in [0.5, 0.6) is 5.75 Å². The van der Waals surface area contributed by atoms with Crippen molar-refractivity contribution in [3.8, 4) is 5.75 Å². The first-order chi connectivity index (χ1) is 13.3. The number of hydrogen-bond acceptors (Lipinski definition) is 4. The number of amides is 3. The van der Waals surface area contributed by atoms with Gasteiger partial charge in [-0.05, 0) is 42.8 Å². The molecule has 2 aromatic carbocycles. The lowest BCUT2D eigenvalue weighted by Crippen LogP contribution is -2.44. The number of hydrazine groups is 1. The number of carbonyl (C=O) groups is 3. The number of rotatable bonds is 7. The molecule has 2 aromatic rings. The molecule has 28 heavy (non-hydrogen) atoms. The largest absolute Gasteiger partial charge is 0.484 e. The Bertz CT molecular complexity index is 876. The number of halogens is 2. The third-order valence-electron chi connectivity index (χ3n) is 3.57. The predicted molar refractivity (Wildman–Crippen MR) is 110 cm³/mol. The third kappa shape index (κ3) is 7.21. The number of benzene rings is 2. The lowest BCUT2D eigenvalue weighted by molar-refractivity contribution is -0.130. The molecule has 3 amide bonds. The maximum absolute atomic E-state index is 11.9. The van der Waals surface area contributed by atoms with Crippen LogP contribution < -0.4 is 20.9 Å². The zero-order valence-electron chi connectivity index (χ0n) is 15.1. The highest BCUT2D eigenvalue weighted by Crippen LogP contribution is 2.21. The van der Waals surface area contributed by atoms with Gasteiger partial charge in [0.2, 0.25) is 11.8 Å². The minimum absolute atomic E-state index is 0.0540. The average molecular weight is 469 g/mol. The Kier molecular flexibility index (Phi) is 8.28. The lowest BCUT2D eigenvalue weighted by Gasteiger charge is -2.10. The molecule has 0 aliphatic carbocycles. The van der Waals surface area contributed by atoms with Gasteiger partial charge in [0.15, 0.2) is 6.61 Å². The predicted octanol–water partition coefficient (Wildman–Crippen LogP) is 3.36. The molecule has 0 bridgehead atoms. The van der Waals surface area contributed by atoms with Crippen molar-refractivity contribution in [1.29, 1.82) is 0 Å². The average Bonchev–Trinajstić information content (AvgIpc) is 2.67. The topological polar surface area (TPSA) is 96.5 Å². The SMILES string of the molecule is Cc1cc(OCC(=O)NNC(=O)CCC(=O)Nc2ccccc2Cl)ccc1Br. The Morgan fingerprint density at radius 1 is 1.00 bits per heavy atom. The number of carbonyl (C=O) groups excluding carboxylic acids is 3. The second-order valence-electron chi connectivity index (χ2n) is 5.82. The zero-order valence-corrected chi connectivity index (χ0v) is 17.4. The fourth-order valence-corrected chi connectivity index (χ4v) is 2.53. The molecule has 148 valence electrons. The first kappa shape index (κ1) is 21.7. The summed E-state index contributed by atoms with van der Waals surface area (Å²) in [5.41, 5.74) is 5.92. The zero-order chi connectivity index (χ0) is 20.5. The van der Waals surface area contributed by atoms with Crippen LogP contribution in [0.15, 0.2) is 46.9 Å². The van der Waals surface area contributed by atoms with E-state index in [2.05, 4.69) is 32.1 Å². The first-order valence-electron chi connectivity index (χ1n) is 8.36. The molecule has 0 saturated carbocycles. The van der Waals surface area contributed by atoms with Crippen LogP contribution in [-0.4, -0.2) is 24.3 Å². The number of ether oxygens (including phenoxy) is 1. The highest BCUT2D eigenvalue weighted by atomic mass is 79.9. The lowest BCUT2D eigenvalue weighted by atomic mass is 10.2. The van der Waals surface area contributed by atoms with Crippen LogP contribution >= 0.6 is 27.5 Å². The van der Waals surface area contributed by atoms with E-state index in [1.165, 1.54) is 0 Å². The molecule has 3 N–H and O–H groups in total.